The topological polar surface area (TPSA) is 15.3 Å². The van der Waals surface area contributed by atoms with Crippen molar-refractivity contribution in [2.75, 3.05) is 13.6 Å². The monoisotopic (exact) mass is 280 g/mol. The van der Waals surface area contributed by atoms with Crippen LogP contribution in [0.5, 0.6) is 0 Å². The molecule has 0 saturated heterocycles. The Kier molecular flexibility index (Phi) is 7.78. The third kappa shape index (κ3) is 5.22. The molecular weight excluding hydrogens is 251 g/mol. The van der Waals surface area contributed by atoms with Crippen LogP contribution in [0.4, 0.5) is 4.39 Å². The molecule has 1 rings (SSSR count). The maximum absolute atomic E-state index is 13.0. The van der Waals surface area contributed by atoms with Gasteiger partial charge in [0.2, 0.25) is 0 Å². The quantitative estimate of drug-likeness (QED) is 0.740. The maximum atomic E-state index is 13.0. The molecule has 2 nitrogen and oxygen atoms in total. The van der Waals surface area contributed by atoms with Crippen LogP contribution >= 0.6 is 0 Å². The van der Waals surface area contributed by atoms with Gasteiger partial charge in [0.25, 0.3) is 0 Å². The highest BCUT2D eigenvalue weighted by molar-refractivity contribution is 5.16. The molecule has 3 heteroatoms. The average Bonchev–Trinajstić information content (AvgIpc) is 2.43. The Morgan fingerprint density at radius 3 is 2.30 bits per heavy atom. The Hall–Kier alpha value is -0.930. The summed E-state index contributed by atoms with van der Waals surface area (Å²) in [7, 11) is 2.16. The molecule has 0 fully saturated rings. The molecule has 1 aromatic rings. The Balaban J connectivity index is 2.69. The highest BCUT2D eigenvalue weighted by Crippen LogP contribution is 2.15. The van der Waals surface area contributed by atoms with Crippen LogP contribution in [0.1, 0.15) is 45.6 Å². The molecule has 0 aliphatic heterocycles. The lowest BCUT2D eigenvalue weighted by Gasteiger charge is -2.34. The van der Waals surface area contributed by atoms with Crippen molar-refractivity contribution in [1.29, 1.82) is 0 Å². The smallest absolute Gasteiger partial charge is 0.123 e. The van der Waals surface area contributed by atoms with Crippen molar-refractivity contribution < 1.29 is 4.39 Å². The zero-order valence-corrected chi connectivity index (χ0v) is 13.3. The number of nitrogens with zero attached hydrogens (tertiary/aromatic N) is 1. The van der Waals surface area contributed by atoms with E-state index >= 15 is 0 Å². The SMILES string of the molecule is CCCC(NCC)C(CC)N(C)Cc1ccc(F)cc1. The molecule has 1 aromatic carbocycles. The van der Waals surface area contributed by atoms with Crippen LogP contribution in [0.3, 0.4) is 0 Å². The first-order valence-electron chi connectivity index (χ1n) is 7.80. The Morgan fingerprint density at radius 1 is 1.15 bits per heavy atom. The Labute approximate surface area is 123 Å². The van der Waals surface area contributed by atoms with E-state index in [1.165, 1.54) is 30.5 Å². The van der Waals surface area contributed by atoms with Gasteiger partial charge in [0.15, 0.2) is 0 Å². The standard InChI is InChI=1S/C17H29FN2/c1-5-8-16(19-7-3)17(6-2)20(4)13-14-9-11-15(18)12-10-14/h9-12,16-17,19H,5-8,13H2,1-4H3. The summed E-state index contributed by atoms with van der Waals surface area (Å²) in [5.74, 6) is -0.167. The lowest BCUT2D eigenvalue weighted by atomic mass is 9.99. The van der Waals surface area contributed by atoms with Crippen molar-refractivity contribution >= 4 is 0 Å². The van der Waals surface area contributed by atoms with E-state index in [1.54, 1.807) is 0 Å². The zero-order valence-electron chi connectivity index (χ0n) is 13.3. The molecule has 114 valence electrons. The number of likely N-dealkylation sites (N-methyl/N-ethyl adjacent to an activating group) is 2. The van der Waals surface area contributed by atoms with E-state index in [0.29, 0.717) is 12.1 Å². The van der Waals surface area contributed by atoms with Crippen LogP contribution in [-0.2, 0) is 6.54 Å². The van der Waals surface area contributed by atoms with E-state index < -0.39 is 0 Å². The van der Waals surface area contributed by atoms with Gasteiger partial charge in [-0.15, -0.1) is 0 Å². The molecule has 1 N–H and O–H groups in total. The van der Waals surface area contributed by atoms with Gasteiger partial charge in [-0.05, 0) is 44.1 Å². The number of nitrogens with one attached hydrogen (secondary N) is 1. The largest absolute Gasteiger partial charge is 0.313 e. The van der Waals surface area contributed by atoms with E-state index in [2.05, 4.69) is 38.0 Å². The minimum absolute atomic E-state index is 0.167. The van der Waals surface area contributed by atoms with Crippen LogP contribution in [0.25, 0.3) is 0 Å². The van der Waals surface area contributed by atoms with Gasteiger partial charge < -0.3 is 5.32 Å². The van der Waals surface area contributed by atoms with Crippen molar-refractivity contribution in [1.82, 2.24) is 10.2 Å². The first-order valence-corrected chi connectivity index (χ1v) is 7.80. The van der Waals surface area contributed by atoms with Gasteiger partial charge >= 0.3 is 0 Å². The number of rotatable bonds is 9. The third-order valence-electron chi connectivity index (χ3n) is 3.86. The molecule has 20 heavy (non-hydrogen) atoms. The first-order chi connectivity index (χ1) is 9.62. The summed E-state index contributed by atoms with van der Waals surface area (Å²) < 4.78 is 13.0. The third-order valence-corrected chi connectivity index (χ3v) is 3.86. The molecule has 0 heterocycles. The summed E-state index contributed by atoms with van der Waals surface area (Å²) in [6, 6.07) is 7.87. The molecule has 0 amide bonds. The highest BCUT2D eigenvalue weighted by atomic mass is 19.1. The summed E-state index contributed by atoms with van der Waals surface area (Å²) in [5.41, 5.74) is 1.17. The second kappa shape index (κ2) is 9.09. The summed E-state index contributed by atoms with van der Waals surface area (Å²) in [4.78, 5) is 2.39. The molecule has 0 bridgehead atoms. The maximum Gasteiger partial charge on any atom is 0.123 e. The predicted octanol–water partition coefficient (Wildman–Crippen LogP) is 3.81. The van der Waals surface area contributed by atoms with Gasteiger partial charge in [0.05, 0.1) is 0 Å². The fourth-order valence-corrected chi connectivity index (χ4v) is 2.90. The van der Waals surface area contributed by atoms with Gasteiger partial charge in [-0.3, -0.25) is 4.90 Å². The van der Waals surface area contributed by atoms with Gasteiger partial charge in [0, 0.05) is 18.6 Å². The number of hydrogen-bond acceptors (Lipinski definition) is 2. The van der Waals surface area contributed by atoms with E-state index in [9.17, 15) is 4.39 Å². The molecule has 0 aliphatic carbocycles. The van der Waals surface area contributed by atoms with Crippen molar-refractivity contribution in [3.8, 4) is 0 Å². The van der Waals surface area contributed by atoms with Crippen LogP contribution in [0.15, 0.2) is 24.3 Å². The second-order valence-electron chi connectivity index (χ2n) is 5.47. The van der Waals surface area contributed by atoms with Gasteiger partial charge in [-0.25, -0.2) is 4.39 Å². The fourth-order valence-electron chi connectivity index (χ4n) is 2.90. The highest BCUT2D eigenvalue weighted by Gasteiger charge is 2.22. The molecular formula is C17H29FN2. The van der Waals surface area contributed by atoms with Gasteiger partial charge in [-0.2, -0.15) is 0 Å². The lowest BCUT2D eigenvalue weighted by molar-refractivity contribution is 0.173. The molecule has 0 saturated carbocycles. The molecule has 2 atom stereocenters. The van der Waals surface area contributed by atoms with E-state index in [1.807, 2.05) is 12.1 Å². The number of benzene rings is 1. The Bertz CT molecular complexity index is 358. The van der Waals surface area contributed by atoms with Gasteiger partial charge in [0.1, 0.15) is 5.82 Å². The molecule has 0 aliphatic rings. The van der Waals surface area contributed by atoms with E-state index in [0.717, 1.165) is 19.5 Å². The summed E-state index contributed by atoms with van der Waals surface area (Å²) >= 11 is 0. The van der Waals surface area contributed by atoms with Gasteiger partial charge in [-0.1, -0.05) is 39.3 Å². The Morgan fingerprint density at radius 2 is 1.80 bits per heavy atom. The minimum Gasteiger partial charge on any atom is -0.313 e. The molecule has 0 radical (unpaired) electrons. The summed E-state index contributed by atoms with van der Waals surface area (Å²) in [5, 5.41) is 3.61. The fraction of sp³-hybridized carbons (Fsp3) is 0.647. The van der Waals surface area contributed by atoms with Crippen LogP contribution in [0, 0.1) is 5.82 Å². The molecule has 0 aromatic heterocycles. The lowest BCUT2D eigenvalue weighted by Crippen LogP contribution is -2.48. The van der Waals surface area contributed by atoms with E-state index in [-0.39, 0.29) is 5.82 Å². The predicted molar refractivity (Wildman–Crippen MR) is 84.3 cm³/mol. The summed E-state index contributed by atoms with van der Waals surface area (Å²) in [6.07, 6.45) is 3.51. The zero-order chi connectivity index (χ0) is 15.0. The van der Waals surface area contributed by atoms with Crippen LogP contribution < -0.4 is 5.32 Å². The normalized spacial score (nSPS) is 14.5. The van der Waals surface area contributed by atoms with Crippen molar-refractivity contribution in [2.45, 2.75) is 58.7 Å². The first kappa shape index (κ1) is 17.1. The molecule has 0 spiro atoms. The minimum atomic E-state index is -0.167. The second-order valence-corrected chi connectivity index (χ2v) is 5.47. The number of halogens is 1. The van der Waals surface area contributed by atoms with Crippen molar-refractivity contribution in [2.24, 2.45) is 0 Å². The van der Waals surface area contributed by atoms with Crippen LogP contribution in [0.2, 0.25) is 0 Å². The van der Waals surface area contributed by atoms with Crippen LogP contribution in [-0.4, -0.2) is 30.6 Å². The average molecular weight is 280 g/mol. The number of hydrogen-bond donors (Lipinski definition) is 1. The van der Waals surface area contributed by atoms with Crippen molar-refractivity contribution in [3.63, 3.8) is 0 Å². The molecule has 2 unspecified atom stereocenters. The van der Waals surface area contributed by atoms with Crippen molar-refractivity contribution in [3.05, 3.63) is 35.6 Å². The van der Waals surface area contributed by atoms with E-state index in [4.69, 9.17) is 0 Å². The summed E-state index contributed by atoms with van der Waals surface area (Å²) in [6.45, 7) is 8.51.